The molecule has 72 valence electrons. The number of carbonyl (C=O) groups is 1. The number of nitrogens with zero attached hydrogens (tertiary/aromatic N) is 1. The summed E-state index contributed by atoms with van der Waals surface area (Å²) in [5, 5.41) is 0. The molecule has 4 nitrogen and oxygen atoms in total. The largest absolute Gasteiger partial charge is 0.465 e. The summed E-state index contributed by atoms with van der Waals surface area (Å²) in [6.07, 6.45) is 0. The molecule has 1 rings (SSSR count). The van der Waals surface area contributed by atoms with Crippen LogP contribution in [0.2, 0.25) is 0 Å². The van der Waals surface area contributed by atoms with Crippen LogP contribution in [0.15, 0.2) is 0 Å². The maximum atomic E-state index is 11.3. The third-order valence-electron chi connectivity index (χ3n) is 2.43. The van der Waals surface area contributed by atoms with Gasteiger partial charge < -0.3 is 15.0 Å². The van der Waals surface area contributed by atoms with Crippen LogP contribution in [-0.4, -0.2) is 17.6 Å². The molecule has 0 fully saturated rings. The second-order valence-electron chi connectivity index (χ2n) is 3.02. The van der Waals surface area contributed by atoms with Crippen LogP contribution in [0.4, 0.5) is 5.82 Å². The van der Waals surface area contributed by atoms with Gasteiger partial charge in [0.15, 0.2) is 0 Å². The van der Waals surface area contributed by atoms with E-state index in [1.54, 1.807) is 4.57 Å². The molecule has 0 bridgehead atoms. The Kier molecular flexibility index (Phi) is 2.32. The highest BCUT2D eigenvalue weighted by Crippen LogP contribution is 2.23. The van der Waals surface area contributed by atoms with E-state index in [1.165, 1.54) is 7.11 Å². The van der Waals surface area contributed by atoms with E-state index in [-0.39, 0.29) is 5.97 Å². The summed E-state index contributed by atoms with van der Waals surface area (Å²) in [7, 11) is 3.17. The van der Waals surface area contributed by atoms with E-state index in [2.05, 4.69) is 4.74 Å². The van der Waals surface area contributed by atoms with Crippen LogP contribution < -0.4 is 5.73 Å². The first-order valence-corrected chi connectivity index (χ1v) is 4.00. The van der Waals surface area contributed by atoms with Crippen molar-refractivity contribution in [1.82, 2.24) is 4.57 Å². The maximum absolute atomic E-state index is 11.3. The third-order valence-corrected chi connectivity index (χ3v) is 2.43. The number of rotatable bonds is 1. The van der Waals surface area contributed by atoms with E-state index < -0.39 is 0 Å². The average Bonchev–Trinajstić information content (AvgIpc) is 2.30. The van der Waals surface area contributed by atoms with E-state index in [0.717, 1.165) is 11.3 Å². The van der Waals surface area contributed by atoms with Gasteiger partial charge in [-0.1, -0.05) is 0 Å². The van der Waals surface area contributed by atoms with Crippen molar-refractivity contribution in [2.75, 3.05) is 12.8 Å². The summed E-state index contributed by atoms with van der Waals surface area (Å²) >= 11 is 0. The fraction of sp³-hybridized carbons (Fsp3) is 0.444. The molecule has 0 saturated heterocycles. The summed E-state index contributed by atoms with van der Waals surface area (Å²) in [4.78, 5) is 11.3. The van der Waals surface area contributed by atoms with Crippen LogP contribution in [0.3, 0.4) is 0 Å². The predicted molar refractivity (Wildman–Crippen MR) is 50.6 cm³/mol. The monoisotopic (exact) mass is 182 g/mol. The molecular formula is C9H14N2O2. The van der Waals surface area contributed by atoms with Crippen molar-refractivity contribution >= 4 is 11.8 Å². The predicted octanol–water partition coefficient (Wildman–Crippen LogP) is 1.01. The molecule has 1 heterocycles. The SMILES string of the molecule is COC(=O)c1c(C)c(C)n(C)c1N. The van der Waals surface area contributed by atoms with Crippen LogP contribution in [0.5, 0.6) is 0 Å². The fourth-order valence-corrected chi connectivity index (χ4v) is 1.33. The lowest BCUT2D eigenvalue weighted by Gasteiger charge is -2.00. The molecule has 0 aliphatic carbocycles. The first-order valence-electron chi connectivity index (χ1n) is 4.00. The quantitative estimate of drug-likeness (QED) is 0.659. The number of hydrogen-bond acceptors (Lipinski definition) is 3. The number of esters is 1. The Morgan fingerprint density at radius 2 is 2.00 bits per heavy atom. The third kappa shape index (κ3) is 1.28. The Morgan fingerprint density at radius 1 is 1.46 bits per heavy atom. The summed E-state index contributed by atoms with van der Waals surface area (Å²) in [5.41, 5.74) is 8.08. The average molecular weight is 182 g/mol. The smallest absolute Gasteiger partial charge is 0.341 e. The zero-order valence-corrected chi connectivity index (χ0v) is 8.34. The van der Waals surface area contributed by atoms with Gasteiger partial charge in [0.25, 0.3) is 0 Å². The molecule has 0 radical (unpaired) electrons. The van der Waals surface area contributed by atoms with E-state index in [1.807, 2.05) is 20.9 Å². The number of hydrogen-bond donors (Lipinski definition) is 1. The molecule has 0 atom stereocenters. The van der Waals surface area contributed by atoms with E-state index in [4.69, 9.17) is 5.73 Å². The van der Waals surface area contributed by atoms with Gasteiger partial charge in [-0.2, -0.15) is 0 Å². The molecule has 13 heavy (non-hydrogen) atoms. The number of ether oxygens (including phenoxy) is 1. The Bertz CT molecular complexity index is 327. The second-order valence-corrected chi connectivity index (χ2v) is 3.02. The molecule has 2 N–H and O–H groups in total. The first-order chi connectivity index (χ1) is 6.00. The number of aromatic nitrogens is 1. The van der Waals surface area contributed by atoms with E-state index in [9.17, 15) is 4.79 Å². The van der Waals surface area contributed by atoms with Crippen molar-refractivity contribution in [3.63, 3.8) is 0 Å². The number of nitrogen functional groups attached to an aromatic ring is 1. The standard InChI is InChI=1S/C9H14N2O2/c1-5-6(2)11(3)8(10)7(5)9(12)13-4/h10H2,1-4H3. The lowest BCUT2D eigenvalue weighted by Crippen LogP contribution is -2.06. The van der Waals surface area contributed by atoms with Gasteiger partial charge in [0.05, 0.1) is 7.11 Å². The van der Waals surface area contributed by atoms with Gasteiger partial charge >= 0.3 is 5.97 Å². The number of methoxy groups -OCH3 is 1. The Labute approximate surface area is 77.3 Å². The first kappa shape index (κ1) is 9.64. The van der Waals surface area contributed by atoms with Gasteiger partial charge in [-0.05, 0) is 19.4 Å². The van der Waals surface area contributed by atoms with Crippen LogP contribution in [0.25, 0.3) is 0 Å². The molecule has 1 aromatic rings. The topological polar surface area (TPSA) is 57.2 Å². The van der Waals surface area contributed by atoms with Gasteiger partial charge in [0.2, 0.25) is 0 Å². The molecule has 0 spiro atoms. The van der Waals surface area contributed by atoms with Crippen LogP contribution in [-0.2, 0) is 11.8 Å². The maximum Gasteiger partial charge on any atom is 0.341 e. The minimum absolute atomic E-state index is 0.376. The summed E-state index contributed by atoms with van der Waals surface area (Å²) in [6, 6.07) is 0. The van der Waals surface area contributed by atoms with Crippen molar-refractivity contribution in [2.45, 2.75) is 13.8 Å². The van der Waals surface area contributed by atoms with Crippen LogP contribution in [0.1, 0.15) is 21.6 Å². The molecule has 0 unspecified atom stereocenters. The van der Waals surface area contributed by atoms with Crippen LogP contribution >= 0.6 is 0 Å². The Balaban J connectivity index is 3.37. The number of nitrogens with two attached hydrogens (primary N) is 1. The normalized spacial score (nSPS) is 10.2. The fourth-order valence-electron chi connectivity index (χ4n) is 1.33. The van der Waals surface area contributed by atoms with Gasteiger partial charge in [0, 0.05) is 12.7 Å². The minimum atomic E-state index is -0.376. The lowest BCUT2D eigenvalue weighted by molar-refractivity contribution is 0.0601. The zero-order valence-electron chi connectivity index (χ0n) is 8.34. The highest BCUT2D eigenvalue weighted by Gasteiger charge is 2.19. The number of anilines is 1. The highest BCUT2D eigenvalue weighted by atomic mass is 16.5. The van der Waals surface area contributed by atoms with E-state index >= 15 is 0 Å². The lowest BCUT2D eigenvalue weighted by atomic mass is 10.2. The molecular weight excluding hydrogens is 168 g/mol. The molecule has 0 aromatic carbocycles. The van der Waals surface area contributed by atoms with Gasteiger partial charge in [-0.25, -0.2) is 4.79 Å². The summed E-state index contributed by atoms with van der Waals surface area (Å²) in [6.45, 7) is 3.77. The molecule has 1 aromatic heterocycles. The minimum Gasteiger partial charge on any atom is -0.465 e. The molecule has 0 aliphatic rings. The summed E-state index contributed by atoms with van der Waals surface area (Å²) in [5.74, 6) is 0.0838. The highest BCUT2D eigenvalue weighted by molar-refractivity contribution is 5.96. The van der Waals surface area contributed by atoms with Gasteiger partial charge in [-0.3, -0.25) is 0 Å². The Hall–Kier alpha value is -1.45. The van der Waals surface area contributed by atoms with Crippen molar-refractivity contribution in [2.24, 2.45) is 7.05 Å². The summed E-state index contributed by atoms with van der Waals surface area (Å²) < 4.78 is 6.41. The molecule has 0 amide bonds. The molecule has 0 aliphatic heterocycles. The zero-order chi connectivity index (χ0) is 10.2. The van der Waals surface area contributed by atoms with Crippen molar-refractivity contribution in [1.29, 1.82) is 0 Å². The number of carbonyl (C=O) groups excluding carboxylic acids is 1. The van der Waals surface area contributed by atoms with Crippen molar-refractivity contribution in [3.05, 3.63) is 16.8 Å². The van der Waals surface area contributed by atoms with Crippen LogP contribution in [0, 0.1) is 13.8 Å². The molecule has 0 saturated carbocycles. The van der Waals surface area contributed by atoms with Crippen molar-refractivity contribution < 1.29 is 9.53 Å². The van der Waals surface area contributed by atoms with E-state index in [0.29, 0.717) is 11.4 Å². The van der Waals surface area contributed by atoms with Gasteiger partial charge in [0.1, 0.15) is 11.4 Å². The second kappa shape index (κ2) is 3.12. The van der Waals surface area contributed by atoms with Gasteiger partial charge in [-0.15, -0.1) is 0 Å². The molecule has 4 heteroatoms. The Morgan fingerprint density at radius 3 is 2.31 bits per heavy atom. The van der Waals surface area contributed by atoms with Crippen molar-refractivity contribution in [3.8, 4) is 0 Å².